The minimum Gasteiger partial charge on any atom is -0.380 e. The van der Waals surface area contributed by atoms with Crippen molar-refractivity contribution in [3.63, 3.8) is 0 Å². The van der Waals surface area contributed by atoms with Gasteiger partial charge in [-0.25, -0.2) is 5.84 Å². The molecule has 0 radical (unpaired) electrons. The summed E-state index contributed by atoms with van der Waals surface area (Å²) in [4.78, 5) is 3.87. The Morgan fingerprint density at radius 2 is 2.33 bits per heavy atom. The summed E-state index contributed by atoms with van der Waals surface area (Å²) in [5, 5.41) is 3.04. The van der Waals surface area contributed by atoms with Crippen LogP contribution in [0.15, 0.2) is 4.99 Å². The third-order valence-corrected chi connectivity index (χ3v) is 1.32. The molecule has 0 aliphatic carbocycles. The molecule has 0 aliphatic rings. The van der Waals surface area contributed by atoms with Gasteiger partial charge in [-0.2, -0.15) is 0 Å². The molecule has 5 heteroatoms. The molecular weight excluding hydrogens is 156 g/mol. The fourth-order valence-electron chi connectivity index (χ4n) is 0.740. The standard InChI is InChI=1S/C7H18N4O/c1-4-12-5-6(2)10-7(9-3)11-8/h6H,4-5,8H2,1-3H3,(H2,9,10,11). The highest BCUT2D eigenvalue weighted by atomic mass is 16.5. The Bertz CT molecular complexity index is 137. The van der Waals surface area contributed by atoms with Crippen LogP contribution in [-0.2, 0) is 4.74 Å². The first-order chi connectivity index (χ1) is 5.74. The van der Waals surface area contributed by atoms with Gasteiger partial charge < -0.3 is 10.1 Å². The monoisotopic (exact) mass is 174 g/mol. The van der Waals surface area contributed by atoms with Crippen LogP contribution < -0.4 is 16.6 Å². The van der Waals surface area contributed by atoms with Gasteiger partial charge in [0.25, 0.3) is 0 Å². The maximum atomic E-state index is 5.20. The van der Waals surface area contributed by atoms with Crippen molar-refractivity contribution in [1.29, 1.82) is 0 Å². The predicted octanol–water partition coefficient (Wildman–Crippen LogP) is -0.550. The van der Waals surface area contributed by atoms with E-state index in [1.165, 1.54) is 0 Å². The minimum absolute atomic E-state index is 0.208. The molecule has 0 spiro atoms. The van der Waals surface area contributed by atoms with Crippen LogP contribution in [0, 0.1) is 0 Å². The lowest BCUT2D eigenvalue weighted by atomic mass is 10.4. The van der Waals surface area contributed by atoms with Gasteiger partial charge in [-0.1, -0.05) is 0 Å². The second kappa shape index (κ2) is 6.87. The third kappa shape index (κ3) is 4.92. The summed E-state index contributed by atoms with van der Waals surface area (Å²) in [7, 11) is 1.66. The van der Waals surface area contributed by atoms with Crippen LogP contribution in [0.25, 0.3) is 0 Å². The molecule has 12 heavy (non-hydrogen) atoms. The number of hydrazine groups is 1. The molecule has 1 unspecified atom stereocenters. The van der Waals surface area contributed by atoms with Gasteiger partial charge in [-0.3, -0.25) is 10.4 Å². The van der Waals surface area contributed by atoms with Gasteiger partial charge >= 0.3 is 0 Å². The quantitative estimate of drug-likeness (QED) is 0.231. The number of hydrogen-bond donors (Lipinski definition) is 3. The Morgan fingerprint density at radius 3 is 2.75 bits per heavy atom. The van der Waals surface area contributed by atoms with Crippen LogP contribution in [0.2, 0.25) is 0 Å². The molecule has 0 aliphatic heterocycles. The highest BCUT2D eigenvalue weighted by Gasteiger charge is 2.02. The SMILES string of the molecule is CCOCC(C)NC(=NC)NN. The van der Waals surface area contributed by atoms with Gasteiger partial charge in [0.15, 0.2) is 0 Å². The van der Waals surface area contributed by atoms with E-state index in [2.05, 4.69) is 15.7 Å². The largest absolute Gasteiger partial charge is 0.380 e. The lowest BCUT2D eigenvalue weighted by molar-refractivity contribution is 0.132. The molecule has 0 saturated heterocycles. The zero-order valence-electron chi connectivity index (χ0n) is 7.92. The summed E-state index contributed by atoms with van der Waals surface area (Å²) in [5.41, 5.74) is 2.44. The van der Waals surface area contributed by atoms with Gasteiger partial charge in [0.1, 0.15) is 0 Å². The highest BCUT2D eigenvalue weighted by Crippen LogP contribution is 1.83. The molecular formula is C7H18N4O. The Morgan fingerprint density at radius 1 is 1.67 bits per heavy atom. The Hall–Kier alpha value is -0.810. The molecule has 0 aromatic rings. The summed E-state index contributed by atoms with van der Waals surface area (Å²) in [6.07, 6.45) is 0. The zero-order chi connectivity index (χ0) is 9.40. The molecule has 0 heterocycles. The van der Waals surface area contributed by atoms with E-state index in [1.807, 2.05) is 13.8 Å². The lowest BCUT2D eigenvalue weighted by Gasteiger charge is -2.15. The molecule has 0 aromatic heterocycles. The summed E-state index contributed by atoms with van der Waals surface area (Å²) in [6.45, 7) is 5.33. The molecule has 1 atom stereocenters. The van der Waals surface area contributed by atoms with E-state index < -0.39 is 0 Å². The van der Waals surface area contributed by atoms with Gasteiger partial charge in [0, 0.05) is 19.7 Å². The third-order valence-electron chi connectivity index (χ3n) is 1.32. The van der Waals surface area contributed by atoms with Gasteiger partial charge in [-0.15, -0.1) is 0 Å². The number of hydrogen-bond acceptors (Lipinski definition) is 3. The van der Waals surface area contributed by atoms with Crippen LogP contribution >= 0.6 is 0 Å². The number of guanidine groups is 1. The van der Waals surface area contributed by atoms with Gasteiger partial charge in [-0.05, 0) is 13.8 Å². The normalized spacial score (nSPS) is 14.2. The molecule has 0 fully saturated rings. The Labute approximate surface area is 73.3 Å². The van der Waals surface area contributed by atoms with E-state index in [9.17, 15) is 0 Å². The van der Waals surface area contributed by atoms with Gasteiger partial charge in [0.05, 0.1) is 6.61 Å². The number of nitrogens with one attached hydrogen (secondary N) is 2. The number of nitrogens with zero attached hydrogens (tertiary/aromatic N) is 1. The van der Waals surface area contributed by atoms with E-state index in [0.717, 1.165) is 6.61 Å². The van der Waals surface area contributed by atoms with E-state index in [1.54, 1.807) is 7.05 Å². The first-order valence-electron chi connectivity index (χ1n) is 4.02. The lowest BCUT2D eigenvalue weighted by Crippen LogP contribution is -2.46. The summed E-state index contributed by atoms with van der Waals surface area (Å²) in [6, 6.07) is 0.208. The van der Waals surface area contributed by atoms with Crippen LogP contribution in [0.4, 0.5) is 0 Å². The predicted molar refractivity (Wildman–Crippen MR) is 49.8 cm³/mol. The Kier molecular flexibility index (Phi) is 6.41. The van der Waals surface area contributed by atoms with Crippen molar-refractivity contribution in [1.82, 2.24) is 10.7 Å². The summed E-state index contributed by atoms with van der Waals surface area (Å²) < 4.78 is 5.20. The average Bonchev–Trinajstić information content (AvgIpc) is 2.10. The van der Waals surface area contributed by atoms with E-state index in [4.69, 9.17) is 10.6 Å². The fourth-order valence-corrected chi connectivity index (χ4v) is 0.740. The molecule has 5 nitrogen and oxygen atoms in total. The van der Waals surface area contributed by atoms with Crippen molar-refractivity contribution in [3.8, 4) is 0 Å². The second-order valence-corrected chi connectivity index (χ2v) is 2.42. The van der Waals surface area contributed by atoms with E-state index >= 15 is 0 Å². The summed E-state index contributed by atoms with van der Waals surface area (Å²) >= 11 is 0. The van der Waals surface area contributed by atoms with Crippen molar-refractivity contribution in [2.75, 3.05) is 20.3 Å². The second-order valence-electron chi connectivity index (χ2n) is 2.42. The zero-order valence-corrected chi connectivity index (χ0v) is 7.92. The molecule has 0 rings (SSSR count). The maximum absolute atomic E-state index is 5.20. The number of rotatable bonds is 4. The van der Waals surface area contributed by atoms with E-state index in [0.29, 0.717) is 12.6 Å². The molecule has 0 bridgehead atoms. The van der Waals surface area contributed by atoms with Crippen LogP contribution in [-0.4, -0.2) is 32.3 Å². The average molecular weight is 174 g/mol. The number of ether oxygens (including phenoxy) is 1. The molecule has 0 amide bonds. The maximum Gasteiger partial charge on any atom is 0.205 e. The molecule has 0 aromatic carbocycles. The first-order valence-corrected chi connectivity index (χ1v) is 4.02. The topological polar surface area (TPSA) is 71.7 Å². The van der Waals surface area contributed by atoms with Crippen LogP contribution in [0.3, 0.4) is 0 Å². The molecule has 72 valence electrons. The minimum atomic E-state index is 0.208. The fraction of sp³-hybridized carbons (Fsp3) is 0.857. The molecule has 4 N–H and O–H groups in total. The van der Waals surface area contributed by atoms with Crippen LogP contribution in [0.5, 0.6) is 0 Å². The molecule has 0 saturated carbocycles. The van der Waals surface area contributed by atoms with Crippen molar-refractivity contribution < 1.29 is 4.74 Å². The van der Waals surface area contributed by atoms with Crippen LogP contribution in [0.1, 0.15) is 13.8 Å². The smallest absolute Gasteiger partial charge is 0.205 e. The van der Waals surface area contributed by atoms with Crippen molar-refractivity contribution in [3.05, 3.63) is 0 Å². The summed E-state index contributed by atoms with van der Waals surface area (Å²) in [5.74, 6) is 5.75. The van der Waals surface area contributed by atoms with Gasteiger partial charge in [0.2, 0.25) is 5.96 Å². The highest BCUT2D eigenvalue weighted by molar-refractivity contribution is 5.79. The van der Waals surface area contributed by atoms with E-state index in [-0.39, 0.29) is 6.04 Å². The Balaban J connectivity index is 3.59. The number of aliphatic imine (C=N–C) groups is 1. The van der Waals surface area contributed by atoms with Crippen molar-refractivity contribution in [2.24, 2.45) is 10.8 Å². The van der Waals surface area contributed by atoms with Crippen molar-refractivity contribution >= 4 is 5.96 Å². The first kappa shape index (κ1) is 11.2. The van der Waals surface area contributed by atoms with Crippen molar-refractivity contribution in [2.45, 2.75) is 19.9 Å². The number of nitrogens with two attached hydrogens (primary N) is 1.